The second kappa shape index (κ2) is 7.12. The lowest BCUT2D eigenvalue weighted by Gasteiger charge is -2.26. The van der Waals surface area contributed by atoms with Gasteiger partial charge in [-0.25, -0.2) is 0 Å². The highest BCUT2D eigenvalue weighted by atomic mass is 32.1. The normalized spacial score (nSPS) is 12.2. The molecule has 0 spiro atoms. The first kappa shape index (κ1) is 19.4. The van der Waals surface area contributed by atoms with Crippen molar-refractivity contribution in [2.24, 2.45) is 0 Å². The molecule has 6 rings (SSSR count). The molecule has 0 aliphatic carbocycles. The minimum absolute atomic E-state index is 0.261. The Labute approximate surface area is 193 Å². The molecule has 0 saturated carbocycles. The van der Waals surface area contributed by atoms with Gasteiger partial charge in [0.15, 0.2) is 0 Å². The van der Waals surface area contributed by atoms with E-state index in [4.69, 9.17) is 12.6 Å². The van der Waals surface area contributed by atoms with E-state index in [0.29, 0.717) is 0 Å². The van der Waals surface area contributed by atoms with Crippen LogP contribution in [0, 0.1) is 0 Å². The molecule has 0 fully saturated rings. The molecule has 0 aromatic heterocycles. The van der Waals surface area contributed by atoms with E-state index >= 15 is 0 Å². The first-order chi connectivity index (χ1) is 15.5. The summed E-state index contributed by atoms with van der Waals surface area (Å²) in [6.45, 7) is 4.38. The van der Waals surface area contributed by atoms with Gasteiger partial charge in [-0.3, -0.25) is 0 Å². The fraction of sp³-hybridized carbons (Fsp3) is 0.0968. The summed E-state index contributed by atoms with van der Waals surface area (Å²) in [6.07, 6.45) is 0. The molecule has 154 valence electrons. The highest BCUT2D eigenvalue weighted by Crippen LogP contribution is 2.47. The number of fused-ring (bicyclic) bond motifs is 5. The van der Waals surface area contributed by atoms with E-state index in [1.807, 2.05) is 0 Å². The van der Waals surface area contributed by atoms with Gasteiger partial charge in [-0.2, -0.15) is 12.6 Å². The predicted molar refractivity (Wildman–Crippen MR) is 144 cm³/mol. The molecular weight excluding hydrogens is 404 g/mol. The molecule has 0 aliphatic heterocycles. The van der Waals surface area contributed by atoms with Crippen molar-refractivity contribution in [2.75, 3.05) is 0 Å². The Kier molecular flexibility index (Phi) is 4.31. The average molecular weight is 429 g/mol. The summed E-state index contributed by atoms with van der Waals surface area (Å²) >= 11 is 5.02. The molecule has 0 heterocycles. The van der Waals surface area contributed by atoms with E-state index in [1.165, 1.54) is 59.8 Å². The van der Waals surface area contributed by atoms with Crippen LogP contribution >= 0.6 is 12.6 Å². The minimum atomic E-state index is -0.261. The standard InChI is InChI=1S/C31H24S/c1-31(2,32)30-26-17-9-7-15-24(26)29(25-16-8-10-18-27(25)30)28-19-20-11-3-4-12-21(20)22-13-5-6-14-23(22)28/h3-19,32H,1-2H3. The molecule has 0 saturated heterocycles. The third kappa shape index (κ3) is 2.85. The van der Waals surface area contributed by atoms with Crippen LogP contribution in [-0.2, 0) is 4.75 Å². The maximum Gasteiger partial charge on any atom is 0.0334 e. The summed E-state index contributed by atoms with van der Waals surface area (Å²) in [7, 11) is 0. The maximum absolute atomic E-state index is 5.02. The van der Waals surface area contributed by atoms with Crippen molar-refractivity contribution < 1.29 is 0 Å². The van der Waals surface area contributed by atoms with Crippen LogP contribution in [0.25, 0.3) is 54.2 Å². The largest absolute Gasteiger partial charge is 0.168 e. The second-order valence-corrected chi connectivity index (χ2v) is 10.2. The molecule has 0 amide bonds. The Morgan fingerprint density at radius 1 is 0.500 bits per heavy atom. The zero-order chi connectivity index (χ0) is 21.9. The van der Waals surface area contributed by atoms with E-state index in [1.54, 1.807) is 0 Å². The average Bonchev–Trinajstić information content (AvgIpc) is 2.81. The summed E-state index contributed by atoms with van der Waals surface area (Å²) in [5.74, 6) is 0. The van der Waals surface area contributed by atoms with E-state index in [9.17, 15) is 0 Å². The molecule has 0 bridgehead atoms. The fourth-order valence-corrected chi connectivity index (χ4v) is 5.58. The maximum atomic E-state index is 5.02. The first-order valence-corrected chi connectivity index (χ1v) is 11.6. The minimum Gasteiger partial charge on any atom is -0.168 e. The van der Waals surface area contributed by atoms with Gasteiger partial charge in [0.25, 0.3) is 0 Å². The van der Waals surface area contributed by atoms with Crippen molar-refractivity contribution >= 4 is 55.7 Å². The van der Waals surface area contributed by atoms with Crippen molar-refractivity contribution in [3.8, 4) is 11.1 Å². The molecule has 0 atom stereocenters. The van der Waals surface area contributed by atoms with Gasteiger partial charge in [0, 0.05) is 4.75 Å². The highest BCUT2D eigenvalue weighted by molar-refractivity contribution is 7.81. The summed E-state index contributed by atoms with van der Waals surface area (Å²) in [5.41, 5.74) is 3.88. The number of thiol groups is 1. The molecular formula is C31H24S. The van der Waals surface area contributed by atoms with Crippen LogP contribution in [-0.4, -0.2) is 0 Å². The zero-order valence-electron chi connectivity index (χ0n) is 18.3. The first-order valence-electron chi connectivity index (χ1n) is 11.1. The lowest BCUT2D eigenvalue weighted by molar-refractivity contribution is 0.808. The molecule has 6 aromatic rings. The van der Waals surface area contributed by atoms with Crippen LogP contribution in [0.4, 0.5) is 0 Å². The van der Waals surface area contributed by atoms with Crippen LogP contribution < -0.4 is 0 Å². The van der Waals surface area contributed by atoms with Crippen molar-refractivity contribution in [1.29, 1.82) is 0 Å². The van der Waals surface area contributed by atoms with Gasteiger partial charge in [-0.15, -0.1) is 0 Å². The predicted octanol–water partition coefficient (Wildman–Crippen LogP) is 9.13. The summed E-state index contributed by atoms with van der Waals surface area (Å²) in [5, 5.41) is 10.3. The van der Waals surface area contributed by atoms with Gasteiger partial charge in [0.1, 0.15) is 0 Å². The fourth-order valence-electron chi connectivity index (χ4n) is 5.34. The van der Waals surface area contributed by atoms with Gasteiger partial charge < -0.3 is 0 Å². The Hall–Kier alpha value is -3.29. The molecule has 1 heteroatoms. The summed E-state index contributed by atoms with van der Waals surface area (Å²) in [4.78, 5) is 0. The van der Waals surface area contributed by atoms with E-state index in [0.717, 1.165) is 0 Å². The number of hydrogen-bond acceptors (Lipinski definition) is 1. The molecule has 0 aliphatic rings. The monoisotopic (exact) mass is 428 g/mol. The van der Waals surface area contributed by atoms with Gasteiger partial charge in [0.05, 0.1) is 0 Å². The van der Waals surface area contributed by atoms with Gasteiger partial charge in [-0.05, 0) is 79.7 Å². The smallest absolute Gasteiger partial charge is 0.0334 e. The topological polar surface area (TPSA) is 0 Å². The molecule has 32 heavy (non-hydrogen) atoms. The summed E-state index contributed by atoms with van der Waals surface area (Å²) < 4.78 is -0.261. The molecule has 0 unspecified atom stereocenters. The second-order valence-electron chi connectivity index (χ2n) is 9.09. The molecule has 0 nitrogen and oxygen atoms in total. The third-order valence-electron chi connectivity index (χ3n) is 6.58. The molecule has 6 aromatic carbocycles. The van der Waals surface area contributed by atoms with Crippen LogP contribution in [0.1, 0.15) is 19.4 Å². The lowest BCUT2D eigenvalue weighted by atomic mass is 9.82. The van der Waals surface area contributed by atoms with Crippen LogP contribution in [0.15, 0.2) is 103 Å². The van der Waals surface area contributed by atoms with Crippen LogP contribution in [0.3, 0.4) is 0 Å². The van der Waals surface area contributed by atoms with Crippen LogP contribution in [0.2, 0.25) is 0 Å². The third-order valence-corrected chi connectivity index (χ3v) is 6.80. The van der Waals surface area contributed by atoms with E-state index < -0.39 is 0 Å². The van der Waals surface area contributed by atoms with Gasteiger partial charge in [-0.1, -0.05) is 97.1 Å². The van der Waals surface area contributed by atoms with Gasteiger partial charge >= 0.3 is 0 Å². The van der Waals surface area contributed by atoms with Crippen molar-refractivity contribution in [2.45, 2.75) is 18.6 Å². The molecule has 0 radical (unpaired) electrons. The summed E-state index contributed by atoms with van der Waals surface area (Å²) in [6, 6.07) is 37.5. The Morgan fingerprint density at radius 2 is 0.938 bits per heavy atom. The SMILES string of the molecule is CC(C)(S)c1c2ccccc2c(-c2cc3ccccc3c3ccccc23)c2ccccc12. The van der Waals surface area contributed by atoms with Crippen LogP contribution in [0.5, 0.6) is 0 Å². The molecule has 0 N–H and O–H groups in total. The number of rotatable bonds is 2. The Balaban J connectivity index is 1.89. The number of benzene rings is 6. The Morgan fingerprint density at radius 3 is 1.50 bits per heavy atom. The quantitative estimate of drug-likeness (QED) is 0.159. The van der Waals surface area contributed by atoms with E-state index in [2.05, 4.69) is 117 Å². The van der Waals surface area contributed by atoms with Crippen molar-refractivity contribution in [3.05, 3.63) is 109 Å². The highest BCUT2D eigenvalue weighted by Gasteiger charge is 2.24. The Bertz CT molecular complexity index is 1590. The van der Waals surface area contributed by atoms with E-state index in [-0.39, 0.29) is 4.75 Å². The van der Waals surface area contributed by atoms with Crippen molar-refractivity contribution in [1.82, 2.24) is 0 Å². The van der Waals surface area contributed by atoms with Crippen molar-refractivity contribution in [3.63, 3.8) is 0 Å². The number of hydrogen-bond donors (Lipinski definition) is 1. The zero-order valence-corrected chi connectivity index (χ0v) is 19.2. The van der Waals surface area contributed by atoms with Gasteiger partial charge in [0.2, 0.25) is 0 Å². The lowest BCUT2D eigenvalue weighted by Crippen LogP contribution is -2.10.